The van der Waals surface area contributed by atoms with Gasteiger partial charge in [-0.2, -0.15) is 0 Å². The minimum atomic E-state index is -0.167. The first kappa shape index (κ1) is 15.8. The molecule has 0 bridgehead atoms. The summed E-state index contributed by atoms with van der Waals surface area (Å²) in [6, 6.07) is 8.27. The van der Waals surface area contributed by atoms with Crippen LogP contribution < -0.4 is 15.5 Å². The number of hydrogen-bond donors (Lipinski definition) is 2. The molecule has 6 heteroatoms. The predicted molar refractivity (Wildman–Crippen MR) is 93.8 cm³/mol. The Bertz CT molecular complexity index is 647. The molecule has 2 aromatic rings. The molecule has 1 aromatic carbocycles. The molecule has 0 radical (unpaired) electrons. The van der Waals surface area contributed by atoms with E-state index in [-0.39, 0.29) is 6.03 Å². The van der Waals surface area contributed by atoms with Crippen LogP contribution in [0, 0.1) is 6.92 Å². The van der Waals surface area contributed by atoms with E-state index in [1.54, 1.807) is 11.3 Å². The summed E-state index contributed by atoms with van der Waals surface area (Å²) in [6.45, 7) is 5.25. The van der Waals surface area contributed by atoms with Crippen LogP contribution in [0.3, 0.4) is 0 Å². The summed E-state index contributed by atoms with van der Waals surface area (Å²) in [5.41, 5.74) is 3.28. The highest BCUT2D eigenvalue weighted by Gasteiger charge is 2.11. The molecule has 1 aliphatic rings. The molecule has 1 fully saturated rings. The lowest BCUT2D eigenvalue weighted by atomic mass is 10.2. The lowest BCUT2D eigenvalue weighted by Crippen LogP contribution is -2.34. The number of amides is 2. The van der Waals surface area contributed by atoms with Gasteiger partial charge in [0, 0.05) is 30.7 Å². The fourth-order valence-corrected chi connectivity index (χ4v) is 3.32. The van der Waals surface area contributed by atoms with Gasteiger partial charge in [-0.1, -0.05) is 12.1 Å². The van der Waals surface area contributed by atoms with E-state index in [2.05, 4.69) is 44.8 Å². The predicted octanol–water partition coefficient (Wildman–Crippen LogP) is 3.05. The lowest BCUT2D eigenvalue weighted by Gasteiger charge is -2.17. The number of anilines is 1. The Hall–Kier alpha value is -2.08. The van der Waals surface area contributed by atoms with Gasteiger partial charge < -0.3 is 15.5 Å². The average molecular weight is 330 g/mol. The van der Waals surface area contributed by atoms with E-state index in [1.165, 1.54) is 18.5 Å². The molecule has 1 aromatic heterocycles. The van der Waals surface area contributed by atoms with E-state index >= 15 is 0 Å². The molecule has 2 N–H and O–H groups in total. The molecule has 3 rings (SSSR count). The van der Waals surface area contributed by atoms with Crippen LogP contribution >= 0.6 is 11.3 Å². The fraction of sp³-hybridized carbons (Fsp3) is 0.412. The number of aryl methyl sites for hydroxylation is 1. The summed E-state index contributed by atoms with van der Waals surface area (Å²) in [4.78, 5) is 18.5. The molecule has 2 amide bonds. The molecule has 23 heavy (non-hydrogen) atoms. The van der Waals surface area contributed by atoms with Crippen LogP contribution in [0.2, 0.25) is 0 Å². The minimum Gasteiger partial charge on any atom is -0.372 e. The normalized spacial score (nSPS) is 14.0. The van der Waals surface area contributed by atoms with Gasteiger partial charge in [-0.05, 0) is 37.5 Å². The number of hydrogen-bond acceptors (Lipinski definition) is 4. The molecule has 1 aliphatic heterocycles. The van der Waals surface area contributed by atoms with Crippen molar-refractivity contribution < 1.29 is 4.79 Å². The van der Waals surface area contributed by atoms with Gasteiger partial charge in [0.25, 0.3) is 0 Å². The fourth-order valence-electron chi connectivity index (χ4n) is 2.71. The number of carbonyl (C=O) groups excluding carboxylic acids is 1. The van der Waals surface area contributed by atoms with Gasteiger partial charge >= 0.3 is 6.03 Å². The largest absolute Gasteiger partial charge is 0.372 e. The summed E-state index contributed by atoms with van der Waals surface area (Å²) in [6.07, 6.45) is 2.56. The van der Waals surface area contributed by atoms with E-state index < -0.39 is 0 Å². The Balaban J connectivity index is 1.43. The van der Waals surface area contributed by atoms with Gasteiger partial charge in [0.1, 0.15) is 0 Å². The Kier molecular flexibility index (Phi) is 5.12. The first-order valence-corrected chi connectivity index (χ1v) is 8.85. The van der Waals surface area contributed by atoms with Crippen LogP contribution in [-0.2, 0) is 13.1 Å². The SMILES string of the molecule is Cc1nc(CNC(=O)NCc2ccc(N3CCCC3)cc2)cs1. The second-order valence-corrected chi connectivity index (χ2v) is 6.82. The number of benzene rings is 1. The number of thiazole rings is 1. The maximum Gasteiger partial charge on any atom is 0.315 e. The summed E-state index contributed by atoms with van der Waals surface area (Å²) in [5.74, 6) is 0. The van der Waals surface area contributed by atoms with Crippen LogP contribution in [0.25, 0.3) is 0 Å². The Morgan fingerprint density at radius 3 is 2.52 bits per heavy atom. The van der Waals surface area contributed by atoms with Crippen molar-refractivity contribution in [3.63, 3.8) is 0 Å². The number of aromatic nitrogens is 1. The molecule has 1 saturated heterocycles. The van der Waals surface area contributed by atoms with E-state index in [9.17, 15) is 4.79 Å². The zero-order valence-electron chi connectivity index (χ0n) is 13.3. The molecule has 0 spiro atoms. The van der Waals surface area contributed by atoms with Crippen molar-refractivity contribution >= 4 is 23.1 Å². The highest BCUT2D eigenvalue weighted by atomic mass is 32.1. The van der Waals surface area contributed by atoms with Crippen LogP contribution in [0.5, 0.6) is 0 Å². The molecule has 0 atom stereocenters. The molecule has 0 saturated carbocycles. The molecule has 2 heterocycles. The summed E-state index contributed by atoms with van der Waals surface area (Å²) in [7, 11) is 0. The average Bonchev–Trinajstić information content (AvgIpc) is 3.23. The van der Waals surface area contributed by atoms with Gasteiger partial charge in [-0.15, -0.1) is 11.3 Å². The number of rotatable bonds is 5. The van der Waals surface area contributed by atoms with Crippen LogP contribution in [-0.4, -0.2) is 24.1 Å². The molecule has 0 unspecified atom stereocenters. The van der Waals surface area contributed by atoms with E-state index in [0.29, 0.717) is 13.1 Å². The molecule has 0 aliphatic carbocycles. The first-order valence-electron chi connectivity index (χ1n) is 7.97. The van der Waals surface area contributed by atoms with Crippen LogP contribution in [0.1, 0.15) is 29.1 Å². The molecule has 122 valence electrons. The third kappa shape index (κ3) is 4.45. The van der Waals surface area contributed by atoms with Gasteiger partial charge in [-0.3, -0.25) is 0 Å². The highest BCUT2D eigenvalue weighted by Crippen LogP contribution is 2.20. The topological polar surface area (TPSA) is 57.3 Å². The number of urea groups is 1. The number of nitrogens with zero attached hydrogens (tertiary/aromatic N) is 2. The molecule has 5 nitrogen and oxygen atoms in total. The summed E-state index contributed by atoms with van der Waals surface area (Å²) < 4.78 is 0. The zero-order valence-corrected chi connectivity index (χ0v) is 14.2. The first-order chi connectivity index (χ1) is 11.2. The van der Waals surface area contributed by atoms with E-state index in [1.807, 2.05) is 12.3 Å². The maximum absolute atomic E-state index is 11.8. The third-order valence-corrected chi connectivity index (χ3v) is 4.78. The third-order valence-electron chi connectivity index (χ3n) is 3.96. The summed E-state index contributed by atoms with van der Waals surface area (Å²) in [5, 5.41) is 8.68. The number of carbonyl (C=O) groups is 1. The van der Waals surface area contributed by atoms with Crippen molar-refractivity contribution in [1.29, 1.82) is 0 Å². The quantitative estimate of drug-likeness (QED) is 0.886. The monoisotopic (exact) mass is 330 g/mol. The second kappa shape index (κ2) is 7.46. The van der Waals surface area contributed by atoms with Crippen molar-refractivity contribution in [3.8, 4) is 0 Å². The van der Waals surface area contributed by atoms with Crippen molar-refractivity contribution in [1.82, 2.24) is 15.6 Å². The standard InChI is InChI=1S/C17H22N4OS/c1-13-20-15(12-23-13)11-19-17(22)18-10-14-4-6-16(7-5-14)21-8-2-3-9-21/h4-7,12H,2-3,8-11H2,1H3,(H2,18,19,22). The van der Waals surface area contributed by atoms with Crippen molar-refractivity contribution in [2.45, 2.75) is 32.9 Å². The van der Waals surface area contributed by atoms with Gasteiger partial charge in [0.05, 0.1) is 17.2 Å². The Morgan fingerprint density at radius 1 is 1.17 bits per heavy atom. The second-order valence-electron chi connectivity index (χ2n) is 5.75. The Morgan fingerprint density at radius 2 is 1.87 bits per heavy atom. The maximum atomic E-state index is 11.8. The lowest BCUT2D eigenvalue weighted by molar-refractivity contribution is 0.240. The van der Waals surface area contributed by atoms with Gasteiger partial charge in [0.15, 0.2) is 0 Å². The van der Waals surface area contributed by atoms with Gasteiger partial charge in [-0.25, -0.2) is 9.78 Å². The molecular weight excluding hydrogens is 308 g/mol. The zero-order chi connectivity index (χ0) is 16.1. The smallest absolute Gasteiger partial charge is 0.315 e. The van der Waals surface area contributed by atoms with Crippen LogP contribution in [0.15, 0.2) is 29.6 Å². The Labute approximate surface area is 140 Å². The number of nitrogens with one attached hydrogen (secondary N) is 2. The van der Waals surface area contributed by atoms with Crippen molar-refractivity contribution in [2.75, 3.05) is 18.0 Å². The van der Waals surface area contributed by atoms with Crippen molar-refractivity contribution in [2.24, 2.45) is 0 Å². The van der Waals surface area contributed by atoms with E-state index in [0.717, 1.165) is 29.4 Å². The van der Waals surface area contributed by atoms with Gasteiger partial charge in [0.2, 0.25) is 0 Å². The van der Waals surface area contributed by atoms with Crippen molar-refractivity contribution in [3.05, 3.63) is 45.9 Å². The van der Waals surface area contributed by atoms with Crippen LogP contribution in [0.4, 0.5) is 10.5 Å². The highest BCUT2D eigenvalue weighted by molar-refractivity contribution is 7.09. The molecular formula is C17H22N4OS. The summed E-state index contributed by atoms with van der Waals surface area (Å²) >= 11 is 1.59. The van der Waals surface area contributed by atoms with E-state index in [4.69, 9.17) is 0 Å². The minimum absolute atomic E-state index is 0.167.